The van der Waals surface area contributed by atoms with Gasteiger partial charge in [0.15, 0.2) is 0 Å². The summed E-state index contributed by atoms with van der Waals surface area (Å²) in [6, 6.07) is 12.3. The Morgan fingerprint density at radius 1 is 1.09 bits per heavy atom. The zero-order chi connectivity index (χ0) is 16.1. The summed E-state index contributed by atoms with van der Waals surface area (Å²) in [4.78, 5) is 23.8. The van der Waals surface area contributed by atoms with E-state index in [1.54, 1.807) is 36.4 Å². The molecule has 0 atom stereocenters. The molecule has 2 amide bonds. The van der Waals surface area contributed by atoms with Gasteiger partial charge in [0.25, 0.3) is 0 Å². The molecule has 2 N–H and O–H groups in total. The van der Waals surface area contributed by atoms with Gasteiger partial charge in [-0.25, -0.2) is 0 Å². The van der Waals surface area contributed by atoms with E-state index in [1.807, 2.05) is 13.0 Å². The standard InChI is InChI=1S/C16H14BrClN2O2/c1-10-7-12(18)5-6-14(10)20-16(22)9-15(21)19-13-4-2-3-11(17)8-13/h2-8H,9H2,1H3,(H,19,21)(H,20,22). The fourth-order valence-electron chi connectivity index (χ4n) is 1.88. The molecule has 0 unspecified atom stereocenters. The predicted octanol–water partition coefficient (Wildman–Crippen LogP) is 4.38. The van der Waals surface area contributed by atoms with Crippen molar-refractivity contribution in [1.82, 2.24) is 0 Å². The second-order valence-corrected chi connectivity index (χ2v) is 6.09. The van der Waals surface area contributed by atoms with Gasteiger partial charge in [-0.1, -0.05) is 33.6 Å². The number of aryl methyl sites for hydroxylation is 1. The van der Waals surface area contributed by atoms with Gasteiger partial charge in [0.05, 0.1) is 0 Å². The van der Waals surface area contributed by atoms with E-state index in [1.165, 1.54) is 0 Å². The molecule has 0 fully saturated rings. The highest BCUT2D eigenvalue weighted by Gasteiger charge is 2.11. The van der Waals surface area contributed by atoms with E-state index in [9.17, 15) is 9.59 Å². The molecular weight excluding hydrogens is 368 g/mol. The maximum atomic E-state index is 11.9. The molecule has 0 spiro atoms. The van der Waals surface area contributed by atoms with Crippen LogP contribution in [0.25, 0.3) is 0 Å². The number of benzene rings is 2. The third-order valence-electron chi connectivity index (χ3n) is 2.89. The second-order valence-electron chi connectivity index (χ2n) is 4.74. The number of amides is 2. The van der Waals surface area contributed by atoms with Crippen LogP contribution in [0.4, 0.5) is 11.4 Å². The Labute approximate surface area is 142 Å². The number of hydrogen-bond donors (Lipinski definition) is 2. The Hall–Kier alpha value is -1.85. The molecule has 4 nitrogen and oxygen atoms in total. The number of anilines is 2. The summed E-state index contributed by atoms with van der Waals surface area (Å²) in [5.41, 5.74) is 2.12. The molecule has 0 radical (unpaired) electrons. The molecule has 0 aliphatic rings. The molecule has 6 heteroatoms. The van der Waals surface area contributed by atoms with E-state index >= 15 is 0 Å². The molecule has 0 heterocycles. The van der Waals surface area contributed by atoms with Crippen molar-refractivity contribution in [3.8, 4) is 0 Å². The summed E-state index contributed by atoms with van der Waals surface area (Å²) in [5, 5.41) is 5.97. The monoisotopic (exact) mass is 380 g/mol. The Morgan fingerprint density at radius 2 is 1.82 bits per heavy atom. The molecule has 2 aromatic carbocycles. The van der Waals surface area contributed by atoms with Crippen LogP contribution in [0.2, 0.25) is 5.02 Å². The van der Waals surface area contributed by atoms with E-state index in [-0.39, 0.29) is 18.2 Å². The van der Waals surface area contributed by atoms with E-state index in [2.05, 4.69) is 26.6 Å². The van der Waals surface area contributed by atoms with Gasteiger partial charge in [0.2, 0.25) is 11.8 Å². The van der Waals surface area contributed by atoms with Gasteiger partial charge in [0.1, 0.15) is 6.42 Å². The minimum absolute atomic E-state index is 0.255. The van der Waals surface area contributed by atoms with Crippen molar-refractivity contribution in [1.29, 1.82) is 0 Å². The van der Waals surface area contributed by atoms with Crippen molar-refractivity contribution < 1.29 is 9.59 Å². The Bertz CT molecular complexity index is 719. The summed E-state index contributed by atoms with van der Waals surface area (Å²) < 4.78 is 0.853. The highest BCUT2D eigenvalue weighted by atomic mass is 79.9. The maximum absolute atomic E-state index is 11.9. The first kappa shape index (κ1) is 16.5. The topological polar surface area (TPSA) is 58.2 Å². The number of nitrogens with one attached hydrogen (secondary N) is 2. The third kappa shape index (κ3) is 4.86. The second kappa shape index (κ2) is 7.42. The van der Waals surface area contributed by atoms with Crippen LogP contribution in [-0.4, -0.2) is 11.8 Å². The maximum Gasteiger partial charge on any atom is 0.233 e. The molecule has 0 saturated carbocycles. The van der Waals surface area contributed by atoms with Crippen molar-refractivity contribution in [3.05, 3.63) is 57.5 Å². The third-order valence-corrected chi connectivity index (χ3v) is 3.62. The quantitative estimate of drug-likeness (QED) is 0.772. The minimum atomic E-state index is -0.377. The fourth-order valence-corrected chi connectivity index (χ4v) is 2.50. The number of carbonyl (C=O) groups is 2. The summed E-state index contributed by atoms with van der Waals surface area (Å²) in [5.74, 6) is -0.750. The zero-order valence-corrected chi connectivity index (χ0v) is 14.2. The summed E-state index contributed by atoms with van der Waals surface area (Å²) in [6.45, 7) is 1.84. The molecule has 22 heavy (non-hydrogen) atoms. The van der Waals surface area contributed by atoms with Crippen LogP contribution in [0.5, 0.6) is 0 Å². The zero-order valence-electron chi connectivity index (χ0n) is 11.8. The molecule has 0 aliphatic carbocycles. The first-order valence-corrected chi connectivity index (χ1v) is 7.72. The number of halogens is 2. The number of hydrogen-bond acceptors (Lipinski definition) is 2. The van der Waals surface area contributed by atoms with E-state index in [4.69, 9.17) is 11.6 Å². The average molecular weight is 382 g/mol. The van der Waals surface area contributed by atoms with Gasteiger partial charge >= 0.3 is 0 Å². The largest absolute Gasteiger partial charge is 0.326 e. The van der Waals surface area contributed by atoms with Crippen LogP contribution in [0.15, 0.2) is 46.9 Å². The van der Waals surface area contributed by atoms with E-state index in [0.29, 0.717) is 16.4 Å². The smallest absolute Gasteiger partial charge is 0.233 e. The van der Waals surface area contributed by atoms with E-state index in [0.717, 1.165) is 10.0 Å². The predicted molar refractivity (Wildman–Crippen MR) is 92.2 cm³/mol. The molecule has 114 valence electrons. The van der Waals surface area contributed by atoms with Crippen LogP contribution in [0, 0.1) is 6.92 Å². The number of carbonyl (C=O) groups excluding carboxylic acids is 2. The van der Waals surface area contributed by atoms with Gasteiger partial charge in [-0.2, -0.15) is 0 Å². The highest BCUT2D eigenvalue weighted by molar-refractivity contribution is 9.10. The lowest BCUT2D eigenvalue weighted by Gasteiger charge is -2.09. The Kier molecular flexibility index (Phi) is 5.57. The summed E-state index contributed by atoms with van der Waals surface area (Å²) >= 11 is 9.18. The summed E-state index contributed by atoms with van der Waals surface area (Å²) in [7, 11) is 0. The first-order chi connectivity index (χ1) is 10.4. The van der Waals surface area contributed by atoms with Crippen molar-refractivity contribution in [2.75, 3.05) is 10.6 Å². The molecule has 2 aromatic rings. The van der Waals surface area contributed by atoms with Gasteiger partial charge in [-0.3, -0.25) is 9.59 Å². The van der Waals surface area contributed by atoms with Crippen LogP contribution in [-0.2, 0) is 9.59 Å². The normalized spacial score (nSPS) is 10.1. The molecular formula is C16H14BrClN2O2. The average Bonchev–Trinajstić information content (AvgIpc) is 2.41. The Morgan fingerprint density at radius 3 is 2.50 bits per heavy atom. The van der Waals surface area contributed by atoms with Crippen molar-refractivity contribution in [2.45, 2.75) is 13.3 Å². The molecule has 2 rings (SSSR count). The number of rotatable bonds is 4. The molecule has 0 aliphatic heterocycles. The van der Waals surface area contributed by atoms with E-state index < -0.39 is 0 Å². The lowest BCUT2D eigenvalue weighted by atomic mass is 10.2. The Balaban J connectivity index is 1.92. The molecule has 0 bridgehead atoms. The van der Waals surface area contributed by atoms with Crippen LogP contribution in [0.3, 0.4) is 0 Å². The van der Waals surface area contributed by atoms with Crippen LogP contribution >= 0.6 is 27.5 Å². The van der Waals surface area contributed by atoms with Gasteiger partial charge in [0, 0.05) is 20.9 Å². The van der Waals surface area contributed by atoms with Crippen LogP contribution in [0.1, 0.15) is 12.0 Å². The lowest BCUT2D eigenvalue weighted by Crippen LogP contribution is -2.21. The van der Waals surface area contributed by atoms with Gasteiger partial charge in [-0.05, 0) is 48.9 Å². The van der Waals surface area contributed by atoms with Gasteiger partial charge < -0.3 is 10.6 Å². The van der Waals surface area contributed by atoms with Crippen molar-refractivity contribution >= 4 is 50.7 Å². The minimum Gasteiger partial charge on any atom is -0.326 e. The first-order valence-electron chi connectivity index (χ1n) is 6.55. The van der Waals surface area contributed by atoms with Gasteiger partial charge in [-0.15, -0.1) is 0 Å². The summed E-state index contributed by atoms with van der Waals surface area (Å²) in [6.07, 6.45) is -0.255. The van der Waals surface area contributed by atoms with Crippen molar-refractivity contribution in [2.24, 2.45) is 0 Å². The van der Waals surface area contributed by atoms with Crippen molar-refractivity contribution in [3.63, 3.8) is 0 Å². The van der Waals surface area contributed by atoms with Crippen LogP contribution < -0.4 is 10.6 Å². The fraction of sp³-hybridized carbons (Fsp3) is 0.125. The molecule has 0 aromatic heterocycles. The highest BCUT2D eigenvalue weighted by Crippen LogP contribution is 2.20. The lowest BCUT2D eigenvalue weighted by molar-refractivity contribution is -0.123. The molecule has 0 saturated heterocycles. The SMILES string of the molecule is Cc1cc(Cl)ccc1NC(=O)CC(=O)Nc1cccc(Br)c1.